The Morgan fingerprint density at radius 3 is 2.00 bits per heavy atom. The minimum absolute atomic E-state index is 0.0760. The van der Waals surface area contributed by atoms with Gasteiger partial charge in [-0.2, -0.15) is 0 Å². The number of aromatic nitrogens is 2. The van der Waals surface area contributed by atoms with Crippen LogP contribution >= 0.6 is 0 Å². The van der Waals surface area contributed by atoms with E-state index < -0.39 is 0 Å². The SMILES string of the molecule is CC1(C)c2ccccc2-c2ccc(-c3cc(-c4ccc5oc6ccccc6c5c4)nc(-c4ccccc4)n3)cc21. The molecule has 0 saturated carbocycles. The first-order chi connectivity index (χ1) is 19.6. The lowest BCUT2D eigenvalue weighted by Gasteiger charge is -2.22. The lowest BCUT2D eigenvalue weighted by molar-refractivity contribution is 0.660. The summed E-state index contributed by atoms with van der Waals surface area (Å²) < 4.78 is 6.09. The molecule has 0 unspecified atom stereocenters. The lowest BCUT2D eigenvalue weighted by atomic mass is 9.82. The van der Waals surface area contributed by atoms with Crippen molar-refractivity contribution >= 4 is 21.9 Å². The lowest BCUT2D eigenvalue weighted by Crippen LogP contribution is -2.14. The summed E-state index contributed by atoms with van der Waals surface area (Å²) in [4.78, 5) is 10.2. The minimum atomic E-state index is -0.0760. The van der Waals surface area contributed by atoms with Crippen LogP contribution < -0.4 is 0 Å². The summed E-state index contributed by atoms with van der Waals surface area (Å²) in [5, 5.41) is 2.20. The van der Waals surface area contributed by atoms with Crippen molar-refractivity contribution in [3.05, 3.63) is 132 Å². The first kappa shape index (κ1) is 22.9. The summed E-state index contributed by atoms with van der Waals surface area (Å²) in [6, 6.07) is 42.4. The highest BCUT2D eigenvalue weighted by molar-refractivity contribution is 6.06. The van der Waals surface area contributed by atoms with E-state index in [9.17, 15) is 0 Å². The Labute approximate surface area is 232 Å². The fourth-order valence-corrected chi connectivity index (χ4v) is 6.21. The minimum Gasteiger partial charge on any atom is -0.456 e. The molecule has 7 aromatic rings. The van der Waals surface area contributed by atoms with Gasteiger partial charge in [0.1, 0.15) is 11.2 Å². The van der Waals surface area contributed by atoms with Crippen LogP contribution in [0.15, 0.2) is 126 Å². The van der Waals surface area contributed by atoms with Crippen molar-refractivity contribution in [1.82, 2.24) is 9.97 Å². The average molecular weight is 515 g/mol. The van der Waals surface area contributed by atoms with E-state index in [4.69, 9.17) is 14.4 Å². The first-order valence-corrected chi connectivity index (χ1v) is 13.7. The number of para-hydroxylation sites is 1. The zero-order chi connectivity index (χ0) is 26.8. The molecule has 1 aliphatic rings. The van der Waals surface area contributed by atoms with Crippen molar-refractivity contribution in [3.63, 3.8) is 0 Å². The number of furan rings is 1. The van der Waals surface area contributed by atoms with E-state index in [0.29, 0.717) is 5.82 Å². The van der Waals surface area contributed by atoms with Crippen LogP contribution in [0.4, 0.5) is 0 Å². The van der Waals surface area contributed by atoms with Crippen molar-refractivity contribution in [2.75, 3.05) is 0 Å². The fourth-order valence-electron chi connectivity index (χ4n) is 6.21. The van der Waals surface area contributed by atoms with Crippen LogP contribution in [0.5, 0.6) is 0 Å². The Hall–Kier alpha value is -5.02. The van der Waals surface area contributed by atoms with Crippen molar-refractivity contribution in [1.29, 1.82) is 0 Å². The Balaban J connectivity index is 1.32. The molecular formula is C37H26N2O. The second kappa shape index (κ2) is 8.49. The maximum Gasteiger partial charge on any atom is 0.160 e. The number of hydrogen-bond donors (Lipinski definition) is 0. The van der Waals surface area contributed by atoms with E-state index in [0.717, 1.165) is 50.0 Å². The molecule has 2 aromatic heterocycles. The third kappa shape index (κ3) is 3.44. The van der Waals surface area contributed by atoms with Crippen LogP contribution in [0.25, 0.3) is 67.0 Å². The van der Waals surface area contributed by atoms with Gasteiger partial charge in [-0.1, -0.05) is 98.8 Å². The van der Waals surface area contributed by atoms with Crippen LogP contribution in [0, 0.1) is 0 Å². The first-order valence-electron chi connectivity index (χ1n) is 13.7. The van der Waals surface area contributed by atoms with Gasteiger partial charge < -0.3 is 4.42 Å². The molecule has 3 heteroatoms. The highest BCUT2D eigenvalue weighted by atomic mass is 16.3. The van der Waals surface area contributed by atoms with Gasteiger partial charge in [0.25, 0.3) is 0 Å². The molecule has 1 aliphatic carbocycles. The third-order valence-electron chi connectivity index (χ3n) is 8.31. The third-order valence-corrected chi connectivity index (χ3v) is 8.31. The van der Waals surface area contributed by atoms with Crippen LogP contribution in [-0.2, 0) is 5.41 Å². The predicted octanol–water partition coefficient (Wildman–Crippen LogP) is 9.68. The zero-order valence-corrected chi connectivity index (χ0v) is 22.3. The molecule has 5 aromatic carbocycles. The molecule has 8 rings (SSSR count). The molecule has 40 heavy (non-hydrogen) atoms. The Morgan fingerprint density at radius 2 is 1.15 bits per heavy atom. The van der Waals surface area contributed by atoms with Gasteiger partial charge in [0.2, 0.25) is 0 Å². The van der Waals surface area contributed by atoms with Gasteiger partial charge in [0.15, 0.2) is 5.82 Å². The summed E-state index contributed by atoms with van der Waals surface area (Å²) in [7, 11) is 0. The maximum absolute atomic E-state index is 6.09. The van der Waals surface area contributed by atoms with Crippen LogP contribution in [0.3, 0.4) is 0 Å². The highest BCUT2D eigenvalue weighted by Gasteiger charge is 2.35. The summed E-state index contributed by atoms with van der Waals surface area (Å²) in [5.41, 5.74) is 11.9. The molecule has 0 aliphatic heterocycles. The standard InChI is InChI=1S/C37H26N2O/c1-37(2)30-14-8-6-12-26(30)27-18-16-25(21-31(27)37)33-22-32(38-36(39-33)23-10-4-3-5-11-23)24-17-19-35-29(20-24)28-13-7-9-15-34(28)40-35/h3-22H,1-2H3. The monoisotopic (exact) mass is 514 g/mol. The van der Waals surface area contributed by atoms with Crippen molar-refractivity contribution in [3.8, 4) is 45.0 Å². The molecule has 190 valence electrons. The molecule has 0 amide bonds. The Morgan fingerprint density at radius 1 is 0.500 bits per heavy atom. The molecular weight excluding hydrogens is 488 g/mol. The second-order valence-electron chi connectivity index (χ2n) is 11.1. The molecule has 0 N–H and O–H groups in total. The maximum atomic E-state index is 6.09. The van der Waals surface area contributed by atoms with Crippen LogP contribution in [-0.4, -0.2) is 9.97 Å². The zero-order valence-electron chi connectivity index (χ0n) is 22.3. The number of nitrogens with zero attached hydrogens (tertiary/aromatic N) is 2. The van der Waals surface area contributed by atoms with Gasteiger partial charge in [0.05, 0.1) is 11.4 Å². The van der Waals surface area contributed by atoms with Gasteiger partial charge in [-0.3, -0.25) is 0 Å². The molecule has 2 heterocycles. The Bertz CT molecular complexity index is 2090. The highest BCUT2D eigenvalue weighted by Crippen LogP contribution is 2.49. The van der Waals surface area contributed by atoms with Gasteiger partial charge >= 0.3 is 0 Å². The van der Waals surface area contributed by atoms with E-state index in [2.05, 4.69) is 92.7 Å². The van der Waals surface area contributed by atoms with Crippen molar-refractivity contribution < 1.29 is 4.42 Å². The summed E-state index contributed by atoms with van der Waals surface area (Å²) >= 11 is 0. The smallest absolute Gasteiger partial charge is 0.160 e. The number of benzene rings is 5. The van der Waals surface area contributed by atoms with E-state index in [-0.39, 0.29) is 5.41 Å². The second-order valence-corrected chi connectivity index (χ2v) is 11.1. The molecule has 3 nitrogen and oxygen atoms in total. The van der Waals surface area contributed by atoms with E-state index in [1.165, 1.54) is 22.3 Å². The van der Waals surface area contributed by atoms with Crippen LogP contribution in [0.2, 0.25) is 0 Å². The average Bonchev–Trinajstić information content (AvgIpc) is 3.49. The normalized spacial score (nSPS) is 13.4. The van der Waals surface area contributed by atoms with Crippen LogP contribution in [0.1, 0.15) is 25.0 Å². The van der Waals surface area contributed by atoms with Crippen molar-refractivity contribution in [2.45, 2.75) is 19.3 Å². The predicted molar refractivity (Wildman–Crippen MR) is 163 cm³/mol. The summed E-state index contributed by atoms with van der Waals surface area (Å²) in [6.07, 6.45) is 0. The molecule has 0 radical (unpaired) electrons. The molecule has 0 bridgehead atoms. The fraction of sp³-hybridized carbons (Fsp3) is 0.0811. The van der Waals surface area contributed by atoms with Gasteiger partial charge in [-0.05, 0) is 58.7 Å². The molecule has 0 atom stereocenters. The molecule has 0 fully saturated rings. The van der Waals surface area contributed by atoms with E-state index >= 15 is 0 Å². The largest absolute Gasteiger partial charge is 0.456 e. The van der Waals surface area contributed by atoms with E-state index in [1.54, 1.807) is 0 Å². The van der Waals surface area contributed by atoms with Gasteiger partial charge in [-0.25, -0.2) is 9.97 Å². The van der Waals surface area contributed by atoms with E-state index in [1.807, 2.05) is 42.5 Å². The Kier molecular flexibility index (Phi) is 4.86. The molecule has 0 spiro atoms. The quantitative estimate of drug-likeness (QED) is 0.236. The summed E-state index contributed by atoms with van der Waals surface area (Å²) in [6.45, 7) is 4.62. The topological polar surface area (TPSA) is 38.9 Å². The van der Waals surface area contributed by atoms with Gasteiger partial charge in [0, 0.05) is 32.9 Å². The van der Waals surface area contributed by atoms with Crippen molar-refractivity contribution in [2.24, 2.45) is 0 Å². The number of fused-ring (bicyclic) bond motifs is 6. The summed E-state index contributed by atoms with van der Waals surface area (Å²) in [5.74, 6) is 0.716. The molecule has 0 saturated heterocycles. The number of rotatable bonds is 3. The number of hydrogen-bond acceptors (Lipinski definition) is 3. The van der Waals surface area contributed by atoms with Gasteiger partial charge in [-0.15, -0.1) is 0 Å².